The van der Waals surface area contributed by atoms with Crippen molar-refractivity contribution in [1.82, 2.24) is 0 Å². The molecule has 27 heavy (non-hydrogen) atoms. The summed E-state index contributed by atoms with van der Waals surface area (Å²) in [5.41, 5.74) is 2.68. The fourth-order valence-electron chi connectivity index (χ4n) is 3.08. The van der Waals surface area contributed by atoms with Gasteiger partial charge < -0.3 is 4.74 Å². The van der Waals surface area contributed by atoms with E-state index in [1.807, 2.05) is 12.1 Å². The molecule has 0 saturated carbocycles. The van der Waals surface area contributed by atoms with Crippen LogP contribution >= 0.6 is 11.6 Å². The summed E-state index contributed by atoms with van der Waals surface area (Å²) in [7, 11) is -4.00. The zero-order valence-electron chi connectivity index (χ0n) is 14.6. The molecule has 0 aliphatic heterocycles. The zero-order valence-corrected chi connectivity index (χ0v) is 16.1. The summed E-state index contributed by atoms with van der Waals surface area (Å²) >= 11 is 5.96. The average molecular weight is 408 g/mol. The molecule has 3 rings (SSSR count). The first-order chi connectivity index (χ1) is 12.7. The monoisotopic (exact) mass is 407 g/mol. The number of rotatable bonds is 5. The molecule has 0 aromatic heterocycles. The summed E-state index contributed by atoms with van der Waals surface area (Å²) < 4.78 is 28.1. The highest BCUT2D eigenvalue weighted by Gasteiger charge is 2.24. The maximum absolute atomic E-state index is 12.6. The van der Waals surface area contributed by atoms with Gasteiger partial charge in [0, 0.05) is 5.56 Å². The standard InChI is InChI=1S/C19H18ClNO5S/c1-11(18(22)14-6-5-12-3-2-4-13(12)9-14)26-19(23)16-10-15(27(21,24)25)7-8-17(16)20/h5-11H,2-4H2,1H3,(H2,21,24,25)/t11-/m1/s1. The molecule has 1 atom stereocenters. The SMILES string of the molecule is C[C@@H](OC(=O)c1cc(S(N)(=O)=O)ccc1Cl)C(=O)c1ccc2c(c1)CCC2. The lowest BCUT2D eigenvalue weighted by Gasteiger charge is -2.14. The second-order valence-electron chi connectivity index (χ2n) is 6.44. The van der Waals surface area contributed by atoms with Gasteiger partial charge in [0.2, 0.25) is 15.8 Å². The minimum Gasteiger partial charge on any atom is -0.451 e. The van der Waals surface area contributed by atoms with Crippen LogP contribution in [0, 0.1) is 0 Å². The van der Waals surface area contributed by atoms with Crippen molar-refractivity contribution in [3.05, 3.63) is 63.7 Å². The largest absolute Gasteiger partial charge is 0.451 e. The molecule has 142 valence electrons. The lowest BCUT2D eigenvalue weighted by molar-refractivity contribution is 0.0318. The van der Waals surface area contributed by atoms with E-state index in [1.165, 1.54) is 24.6 Å². The van der Waals surface area contributed by atoms with E-state index < -0.39 is 22.1 Å². The van der Waals surface area contributed by atoms with Gasteiger partial charge in [-0.2, -0.15) is 0 Å². The topological polar surface area (TPSA) is 104 Å². The second-order valence-corrected chi connectivity index (χ2v) is 8.40. The Morgan fingerprint density at radius 2 is 1.81 bits per heavy atom. The Morgan fingerprint density at radius 3 is 2.52 bits per heavy atom. The van der Waals surface area contributed by atoms with Gasteiger partial charge in [0.1, 0.15) is 0 Å². The normalized spacial score (nSPS) is 14.5. The van der Waals surface area contributed by atoms with Gasteiger partial charge in [-0.1, -0.05) is 23.7 Å². The molecule has 0 fully saturated rings. The number of carbonyl (C=O) groups excluding carboxylic acids is 2. The number of fused-ring (bicyclic) bond motifs is 1. The fraction of sp³-hybridized carbons (Fsp3) is 0.263. The number of benzene rings is 2. The van der Waals surface area contributed by atoms with E-state index >= 15 is 0 Å². The summed E-state index contributed by atoms with van der Waals surface area (Å²) in [6.07, 6.45) is 1.95. The summed E-state index contributed by atoms with van der Waals surface area (Å²) in [5.74, 6) is -1.23. The molecule has 1 aliphatic carbocycles. The van der Waals surface area contributed by atoms with E-state index in [0.717, 1.165) is 30.9 Å². The van der Waals surface area contributed by atoms with Crippen molar-refractivity contribution in [2.24, 2.45) is 5.14 Å². The zero-order chi connectivity index (χ0) is 19.8. The third-order valence-electron chi connectivity index (χ3n) is 4.52. The Hall–Kier alpha value is -2.22. The van der Waals surface area contributed by atoms with E-state index in [4.69, 9.17) is 21.5 Å². The highest BCUT2D eigenvalue weighted by Crippen LogP contribution is 2.25. The lowest BCUT2D eigenvalue weighted by atomic mass is 10.0. The van der Waals surface area contributed by atoms with Crippen LogP contribution in [0.4, 0.5) is 0 Å². The van der Waals surface area contributed by atoms with Crippen LogP contribution in [0.5, 0.6) is 0 Å². The number of halogens is 1. The molecule has 0 saturated heterocycles. The molecule has 0 heterocycles. The van der Waals surface area contributed by atoms with E-state index in [1.54, 1.807) is 6.07 Å². The van der Waals surface area contributed by atoms with Crippen molar-refractivity contribution in [2.75, 3.05) is 0 Å². The van der Waals surface area contributed by atoms with Gasteiger partial charge in [-0.15, -0.1) is 0 Å². The molecule has 1 aliphatic rings. The lowest BCUT2D eigenvalue weighted by Crippen LogP contribution is -2.25. The number of carbonyl (C=O) groups is 2. The molecule has 0 radical (unpaired) electrons. The van der Waals surface area contributed by atoms with Gasteiger partial charge in [0.15, 0.2) is 6.10 Å². The van der Waals surface area contributed by atoms with Crippen LogP contribution in [-0.2, 0) is 27.6 Å². The van der Waals surface area contributed by atoms with Gasteiger partial charge >= 0.3 is 5.97 Å². The van der Waals surface area contributed by atoms with Crippen LogP contribution in [0.3, 0.4) is 0 Å². The van der Waals surface area contributed by atoms with Gasteiger partial charge in [-0.25, -0.2) is 18.4 Å². The molecule has 0 unspecified atom stereocenters. The van der Waals surface area contributed by atoms with Gasteiger partial charge in [0.25, 0.3) is 0 Å². The van der Waals surface area contributed by atoms with Crippen LogP contribution in [0.2, 0.25) is 5.02 Å². The number of esters is 1. The molecule has 2 aromatic carbocycles. The van der Waals surface area contributed by atoms with Crippen LogP contribution in [0.15, 0.2) is 41.3 Å². The first kappa shape index (κ1) is 19.5. The van der Waals surface area contributed by atoms with E-state index in [-0.39, 0.29) is 21.3 Å². The van der Waals surface area contributed by atoms with E-state index in [2.05, 4.69) is 0 Å². The van der Waals surface area contributed by atoms with Crippen molar-refractivity contribution < 1.29 is 22.7 Å². The highest BCUT2D eigenvalue weighted by molar-refractivity contribution is 7.89. The molecular formula is C19H18ClNO5S. The minimum atomic E-state index is -4.00. The maximum Gasteiger partial charge on any atom is 0.340 e. The first-order valence-electron chi connectivity index (χ1n) is 8.36. The minimum absolute atomic E-state index is 0.00424. The molecule has 2 aromatic rings. The number of nitrogens with two attached hydrogens (primary N) is 1. The van der Waals surface area contributed by atoms with Crippen molar-refractivity contribution in [3.63, 3.8) is 0 Å². The molecule has 6 nitrogen and oxygen atoms in total. The number of ketones is 1. The van der Waals surface area contributed by atoms with Crippen LogP contribution < -0.4 is 5.14 Å². The van der Waals surface area contributed by atoms with Crippen LogP contribution in [0.25, 0.3) is 0 Å². The van der Waals surface area contributed by atoms with Gasteiger partial charge in [-0.3, -0.25) is 4.79 Å². The Balaban J connectivity index is 1.78. The summed E-state index contributed by atoms with van der Waals surface area (Å²) in [6.45, 7) is 1.46. The number of hydrogen-bond acceptors (Lipinski definition) is 5. The number of Topliss-reactive ketones (excluding diaryl/α,β-unsaturated/α-hetero) is 1. The second kappa shape index (κ2) is 7.42. The average Bonchev–Trinajstić information content (AvgIpc) is 3.07. The first-order valence-corrected chi connectivity index (χ1v) is 10.3. The molecular weight excluding hydrogens is 390 g/mol. The summed E-state index contributed by atoms with van der Waals surface area (Å²) in [4.78, 5) is 24.7. The molecule has 0 bridgehead atoms. The fourth-order valence-corrected chi connectivity index (χ4v) is 3.81. The Kier molecular flexibility index (Phi) is 5.37. The van der Waals surface area contributed by atoms with Crippen LogP contribution in [-0.4, -0.2) is 26.3 Å². The molecule has 8 heteroatoms. The summed E-state index contributed by atoms with van der Waals surface area (Å²) in [5, 5.41) is 5.07. The maximum atomic E-state index is 12.6. The molecule has 2 N–H and O–H groups in total. The predicted molar refractivity (Wildman–Crippen MR) is 101 cm³/mol. The van der Waals surface area contributed by atoms with Crippen molar-refractivity contribution in [3.8, 4) is 0 Å². The number of hydrogen-bond donors (Lipinski definition) is 1. The Morgan fingerprint density at radius 1 is 1.11 bits per heavy atom. The number of sulfonamides is 1. The predicted octanol–water partition coefficient (Wildman–Crippen LogP) is 2.90. The highest BCUT2D eigenvalue weighted by atomic mass is 35.5. The van der Waals surface area contributed by atoms with Crippen molar-refractivity contribution >= 4 is 33.4 Å². The van der Waals surface area contributed by atoms with E-state index in [9.17, 15) is 18.0 Å². The number of ether oxygens (including phenoxy) is 1. The van der Waals surface area contributed by atoms with Crippen LogP contribution in [0.1, 0.15) is 45.2 Å². The third kappa shape index (κ3) is 4.21. The van der Waals surface area contributed by atoms with Crippen molar-refractivity contribution in [1.29, 1.82) is 0 Å². The van der Waals surface area contributed by atoms with Crippen molar-refractivity contribution in [2.45, 2.75) is 37.2 Å². The third-order valence-corrected chi connectivity index (χ3v) is 5.76. The Labute approximate surface area is 162 Å². The quantitative estimate of drug-likeness (QED) is 0.606. The number of primary sulfonamides is 1. The molecule has 0 amide bonds. The van der Waals surface area contributed by atoms with Gasteiger partial charge in [-0.05, 0) is 61.6 Å². The number of aryl methyl sites for hydroxylation is 2. The smallest absolute Gasteiger partial charge is 0.340 e. The molecule has 0 spiro atoms. The summed E-state index contributed by atoms with van der Waals surface area (Å²) in [6, 6.07) is 8.95. The van der Waals surface area contributed by atoms with Gasteiger partial charge in [0.05, 0.1) is 15.5 Å². The Bertz CT molecular complexity index is 1030. The van der Waals surface area contributed by atoms with E-state index in [0.29, 0.717) is 5.56 Å².